The molecule has 0 spiro atoms. The lowest BCUT2D eigenvalue weighted by molar-refractivity contribution is 0.414. The van der Waals surface area contributed by atoms with Crippen LogP contribution in [0.15, 0.2) is 35.1 Å². The van der Waals surface area contributed by atoms with E-state index in [1.165, 1.54) is 4.68 Å². The first-order valence-corrected chi connectivity index (χ1v) is 7.49. The molecule has 2 N–H and O–H groups in total. The van der Waals surface area contributed by atoms with E-state index in [0.717, 1.165) is 17.0 Å². The highest BCUT2D eigenvalue weighted by molar-refractivity contribution is 5.35. The lowest BCUT2D eigenvalue weighted by Crippen LogP contribution is -2.31. The number of rotatable bonds is 5. The Morgan fingerprint density at radius 1 is 1.27 bits per heavy atom. The van der Waals surface area contributed by atoms with E-state index in [4.69, 9.17) is 10.5 Å². The molecule has 2 aromatic rings. The molecule has 118 valence electrons. The van der Waals surface area contributed by atoms with Crippen LogP contribution in [0.1, 0.15) is 49.6 Å². The Balaban J connectivity index is 2.49. The summed E-state index contributed by atoms with van der Waals surface area (Å²) in [6, 6.07) is 8.81. The van der Waals surface area contributed by atoms with Gasteiger partial charge in [0, 0.05) is 12.1 Å². The monoisotopic (exact) mass is 301 g/mol. The highest BCUT2D eigenvalue weighted by atomic mass is 16.5. The molecule has 1 heterocycles. The molecule has 5 nitrogen and oxygen atoms in total. The Hall–Kier alpha value is -2.14. The lowest BCUT2D eigenvalue weighted by Gasteiger charge is -2.16. The Labute approximate surface area is 130 Å². The molecule has 2 rings (SSSR count). The molecule has 0 radical (unpaired) electrons. The predicted octanol–water partition coefficient (Wildman–Crippen LogP) is 2.44. The average molecular weight is 301 g/mol. The van der Waals surface area contributed by atoms with Gasteiger partial charge in [-0.05, 0) is 36.6 Å². The fraction of sp³-hybridized carbons (Fsp3) is 0.412. The fourth-order valence-electron chi connectivity index (χ4n) is 2.29. The number of nitrogens with two attached hydrogens (primary N) is 1. The largest absolute Gasteiger partial charge is 0.497 e. The van der Waals surface area contributed by atoms with Gasteiger partial charge in [-0.15, -0.1) is 0 Å². The molecule has 1 aromatic heterocycles. The summed E-state index contributed by atoms with van der Waals surface area (Å²) in [4.78, 5) is 12.5. The molecule has 1 unspecified atom stereocenters. The van der Waals surface area contributed by atoms with E-state index in [1.54, 1.807) is 7.11 Å². The predicted molar refractivity (Wildman–Crippen MR) is 87.3 cm³/mol. The van der Waals surface area contributed by atoms with Gasteiger partial charge in [0.25, 0.3) is 5.56 Å². The van der Waals surface area contributed by atoms with E-state index in [9.17, 15) is 4.79 Å². The number of ether oxygens (including phenoxy) is 1. The van der Waals surface area contributed by atoms with Gasteiger partial charge in [-0.3, -0.25) is 4.79 Å². The molecular weight excluding hydrogens is 278 g/mol. The summed E-state index contributed by atoms with van der Waals surface area (Å²) in [6.45, 7) is 6.54. The topological polar surface area (TPSA) is 70.1 Å². The van der Waals surface area contributed by atoms with Crippen LogP contribution >= 0.6 is 0 Å². The molecule has 0 fully saturated rings. The van der Waals surface area contributed by atoms with Gasteiger partial charge < -0.3 is 10.5 Å². The quantitative estimate of drug-likeness (QED) is 0.921. The number of aryl methyl sites for hydroxylation is 1. The van der Waals surface area contributed by atoms with Crippen LogP contribution in [0.4, 0.5) is 0 Å². The molecular formula is C17H23N3O2. The molecule has 0 saturated heterocycles. The van der Waals surface area contributed by atoms with E-state index in [-0.39, 0.29) is 11.5 Å². The van der Waals surface area contributed by atoms with E-state index in [1.807, 2.05) is 37.3 Å². The number of hydrogen-bond acceptors (Lipinski definition) is 4. The van der Waals surface area contributed by atoms with Crippen molar-refractivity contribution < 1.29 is 4.74 Å². The second kappa shape index (κ2) is 6.75. The zero-order valence-electron chi connectivity index (χ0n) is 13.5. The molecule has 1 aromatic carbocycles. The minimum absolute atomic E-state index is 0.129. The minimum Gasteiger partial charge on any atom is -0.497 e. The maximum atomic E-state index is 12.5. The third kappa shape index (κ3) is 3.20. The van der Waals surface area contributed by atoms with Crippen LogP contribution < -0.4 is 16.0 Å². The van der Waals surface area contributed by atoms with Gasteiger partial charge in [0.2, 0.25) is 0 Å². The zero-order chi connectivity index (χ0) is 16.3. The van der Waals surface area contributed by atoms with Gasteiger partial charge in [-0.25, -0.2) is 4.68 Å². The smallest absolute Gasteiger partial charge is 0.271 e. The zero-order valence-corrected chi connectivity index (χ0v) is 13.5. The second-order valence-electron chi connectivity index (χ2n) is 5.55. The molecule has 0 saturated carbocycles. The molecule has 0 amide bonds. The second-order valence-corrected chi connectivity index (χ2v) is 5.55. The van der Waals surface area contributed by atoms with Crippen molar-refractivity contribution >= 4 is 0 Å². The molecule has 0 aliphatic heterocycles. The van der Waals surface area contributed by atoms with Gasteiger partial charge in [0.15, 0.2) is 0 Å². The molecule has 5 heteroatoms. The van der Waals surface area contributed by atoms with Crippen LogP contribution in [0.3, 0.4) is 0 Å². The van der Waals surface area contributed by atoms with E-state index in [0.29, 0.717) is 12.1 Å². The molecule has 0 bridgehead atoms. The Morgan fingerprint density at radius 3 is 2.41 bits per heavy atom. The van der Waals surface area contributed by atoms with Crippen molar-refractivity contribution in [3.8, 4) is 5.75 Å². The Kier molecular flexibility index (Phi) is 4.98. The van der Waals surface area contributed by atoms with Gasteiger partial charge in [-0.2, -0.15) is 5.10 Å². The summed E-state index contributed by atoms with van der Waals surface area (Å²) in [5, 5.41) is 4.38. The maximum absolute atomic E-state index is 12.5. The van der Waals surface area contributed by atoms with Crippen molar-refractivity contribution in [2.24, 2.45) is 5.73 Å². The van der Waals surface area contributed by atoms with Crippen molar-refractivity contribution in [2.75, 3.05) is 7.11 Å². The van der Waals surface area contributed by atoms with Crippen LogP contribution in [0.2, 0.25) is 0 Å². The Morgan fingerprint density at radius 2 is 1.91 bits per heavy atom. The third-order valence-corrected chi connectivity index (χ3v) is 3.72. The number of benzene rings is 1. The van der Waals surface area contributed by atoms with Crippen LogP contribution in [0.5, 0.6) is 5.75 Å². The van der Waals surface area contributed by atoms with Crippen molar-refractivity contribution in [3.05, 3.63) is 57.5 Å². The highest BCUT2D eigenvalue weighted by Gasteiger charge is 2.17. The normalized spacial score (nSPS) is 12.5. The number of aromatic nitrogens is 2. The maximum Gasteiger partial charge on any atom is 0.271 e. The molecule has 1 atom stereocenters. The number of methoxy groups -OCH3 is 1. The summed E-state index contributed by atoms with van der Waals surface area (Å²) in [7, 11) is 1.62. The molecule has 0 aliphatic carbocycles. The van der Waals surface area contributed by atoms with Crippen molar-refractivity contribution in [1.29, 1.82) is 0 Å². The summed E-state index contributed by atoms with van der Waals surface area (Å²) in [5.74, 6) is 1.000. The SMILES string of the molecule is CCn1nc(C(C)C)cc(C(N)c2ccc(OC)cc2)c1=O. The average Bonchev–Trinajstić information content (AvgIpc) is 2.54. The van der Waals surface area contributed by atoms with Crippen LogP contribution in [0, 0.1) is 0 Å². The van der Waals surface area contributed by atoms with Crippen LogP contribution in [-0.2, 0) is 6.54 Å². The van der Waals surface area contributed by atoms with Gasteiger partial charge in [0.1, 0.15) is 5.75 Å². The lowest BCUT2D eigenvalue weighted by atomic mass is 9.98. The summed E-state index contributed by atoms with van der Waals surface area (Å²) in [6.07, 6.45) is 0. The van der Waals surface area contributed by atoms with Crippen LogP contribution in [-0.4, -0.2) is 16.9 Å². The van der Waals surface area contributed by atoms with E-state index < -0.39 is 6.04 Å². The summed E-state index contributed by atoms with van der Waals surface area (Å²) >= 11 is 0. The minimum atomic E-state index is -0.475. The van der Waals surface area contributed by atoms with E-state index >= 15 is 0 Å². The van der Waals surface area contributed by atoms with Crippen molar-refractivity contribution in [1.82, 2.24) is 9.78 Å². The molecule has 0 aliphatic rings. The number of nitrogens with zero attached hydrogens (tertiary/aromatic N) is 2. The standard InChI is InChI=1S/C17H23N3O2/c1-5-20-17(21)14(10-15(19-20)11(2)3)16(18)12-6-8-13(22-4)9-7-12/h6-11,16H,5,18H2,1-4H3. The van der Waals surface area contributed by atoms with Crippen molar-refractivity contribution in [2.45, 2.75) is 39.3 Å². The first kappa shape index (κ1) is 16.2. The summed E-state index contributed by atoms with van der Waals surface area (Å²) in [5.41, 5.74) is 8.52. The van der Waals surface area contributed by atoms with E-state index in [2.05, 4.69) is 18.9 Å². The van der Waals surface area contributed by atoms with Crippen LogP contribution in [0.25, 0.3) is 0 Å². The molecule has 22 heavy (non-hydrogen) atoms. The first-order valence-electron chi connectivity index (χ1n) is 7.49. The fourth-order valence-corrected chi connectivity index (χ4v) is 2.29. The highest BCUT2D eigenvalue weighted by Crippen LogP contribution is 2.21. The van der Waals surface area contributed by atoms with Crippen molar-refractivity contribution in [3.63, 3.8) is 0 Å². The van der Waals surface area contributed by atoms with Gasteiger partial charge in [-0.1, -0.05) is 26.0 Å². The summed E-state index contributed by atoms with van der Waals surface area (Å²) < 4.78 is 6.63. The third-order valence-electron chi connectivity index (χ3n) is 3.72. The number of hydrogen-bond donors (Lipinski definition) is 1. The first-order chi connectivity index (χ1) is 10.5. The Bertz CT molecular complexity index is 690. The van der Waals surface area contributed by atoms with Gasteiger partial charge >= 0.3 is 0 Å². The van der Waals surface area contributed by atoms with Gasteiger partial charge in [0.05, 0.1) is 18.8 Å².